The second-order valence-electron chi connectivity index (χ2n) is 4.27. The minimum absolute atomic E-state index is 0.0243. The maximum atomic E-state index is 12.6. The van der Waals surface area contributed by atoms with Gasteiger partial charge in [-0.2, -0.15) is 13.2 Å². The summed E-state index contributed by atoms with van der Waals surface area (Å²) in [7, 11) is 0. The predicted octanol–water partition coefficient (Wildman–Crippen LogP) is 1.63. The fourth-order valence-corrected chi connectivity index (χ4v) is 1.64. The molecule has 0 aliphatic heterocycles. The topological polar surface area (TPSA) is 85.4 Å². The molecule has 1 aromatic heterocycles. The Balaban J connectivity index is 2.95. The molecule has 0 fully saturated rings. The van der Waals surface area contributed by atoms with E-state index in [1.54, 1.807) is 6.92 Å². The maximum absolute atomic E-state index is 12.6. The number of pyridine rings is 1. The zero-order valence-corrected chi connectivity index (χ0v) is 11.3. The number of alkyl halides is 3. The molecule has 118 valence electrons. The van der Waals surface area contributed by atoms with Gasteiger partial charge in [0.15, 0.2) is 0 Å². The maximum Gasteiger partial charge on any atom is 0.417 e. The van der Waals surface area contributed by atoms with E-state index in [0.29, 0.717) is 25.2 Å². The Hall–Kier alpha value is -2.03. The van der Waals surface area contributed by atoms with Crippen LogP contribution in [0, 0.1) is 0 Å². The van der Waals surface area contributed by atoms with Crippen molar-refractivity contribution in [1.29, 1.82) is 0 Å². The first-order chi connectivity index (χ1) is 9.79. The van der Waals surface area contributed by atoms with E-state index in [4.69, 9.17) is 5.11 Å². The summed E-state index contributed by atoms with van der Waals surface area (Å²) in [5, 5.41) is 11.0. The molecule has 0 atom stereocenters. The average Bonchev–Trinajstić information content (AvgIpc) is 2.39. The lowest BCUT2D eigenvalue weighted by Gasteiger charge is -2.21. The van der Waals surface area contributed by atoms with Gasteiger partial charge in [0.25, 0.3) is 5.56 Å². The fourth-order valence-electron chi connectivity index (χ4n) is 1.64. The molecule has 2 amide bonds. The number of nitrogens with one attached hydrogen (secondary N) is 2. The zero-order chi connectivity index (χ0) is 16.0. The van der Waals surface area contributed by atoms with Crippen LogP contribution in [-0.2, 0) is 6.18 Å². The third-order valence-electron chi connectivity index (χ3n) is 2.62. The van der Waals surface area contributed by atoms with Crippen molar-refractivity contribution in [3.05, 3.63) is 28.2 Å². The molecule has 1 aromatic rings. The monoisotopic (exact) mass is 307 g/mol. The fraction of sp³-hybridized carbons (Fsp3) is 0.500. The van der Waals surface area contributed by atoms with Crippen LogP contribution < -0.4 is 10.9 Å². The lowest BCUT2D eigenvalue weighted by atomic mass is 10.2. The lowest BCUT2D eigenvalue weighted by molar-refractivity contribution is -0.137. The molecule has 0 radical (unpaired) electrons. The summed E-state index contributed by atoms with van der Waals surface area (Å²) >= 11 is 0. The number of H-pyrrole nitrogens is 1. The van der Waals surface area contributed by atoms with E-state index in [2.05, 4.69) is 5.32 Å². The number of carbonyl (C=O) groups excluding carboxylic acids is 1. The second-order valence-corrected chi connectivity index (χ2v) is 4.27. The molecule has 1 heterocycles. The standard InChI is InChI=1S/C12H16F3N3O3/c1-2-3-18(4-5-19)11(21)17-9-6-8(12(13,14)15)7-16-10(9)20/h6-7,19H,2-5H2,1H3,(H,16,20)(H,17,21). The summed E-state index contributed by atoms with van der Waals surface area (Å²) in [6, 6.07) is -0.171. The molecular formula is C12H16F3N3O3. The molecule has 0 unspecified atom stereocenters. The van der Waals surface area contributed by atoms with Crippen molar-refractivity contribution in [2.75, 3.05) is 25.0 Å². The number of rotatable bonds is 5. The summed E-state index contributed by atoms with van der Waals surface area (Å²) in [5.41, 5.74) is -2.40. The highest BCUT2D eigenvalue weighted by molar-refractivity contribution is 5.89. The Morgan fingerprint density at radius 1 is 1.43 bits per heavy atom. The van der Waals surface area contributed by atoms with E-state index >= 15 is 0 Å². The van der Waals surface area contributed by atoms with Crippen LogP contribution in [0.2, 0.25) is 0 Å². The molecular weight excluding hydrogens is 291 g/mol. The number of hydrogen-bond acceptors (Lipinski definition) is 3. The second kappa shape index (κ2) is 7.11. The third kappa shape index (κ3) is 4.78. The van der Waals surface area contributed by atoms with Gasteiger partial charge in [-0.15, -0.1) is 0 Å². The van der Waals surface area contributed by atoms with Crippen molar-refractivity contribution in [2.45, 2.75) is 19.5 Å². The van der Waals surface area contributed by atoms with Gasteiger partial charge in [-0.05, 0) is 12.5 Å². The van der Waals surface area contributed by atoms with Gasteiger partial charge in [0, 0.05) is 19.3 Å². The van der Waals surface area contributed by atoms with Crippen LogP contribution in [0.4, 0.5) is 23.7 Å². The molecule has 0 aliphatic rings. The SMILES string of the molecule is CCCN(CCO)C(=O)Nc1cc(C(F)(F)F)c[nH]c1=O. The summed E-state index contributed by atoms with van der Waals surface area (Å²) < 4.78 is 37.7. The van der Waals surface area contributed by atoms with Crippen molar-refractivity contribution in [2.24, 2.45) is 0 Å². The van der Waals surface area contributed by atoms with Crippen molar-refractivity contribution >= 4 is 11.7 Å². The van der Waals surface area contributed by atoms with Crippen LogP contribution in [0.25, 0.3) is 0 Å². The van der Waals surface area contributed by atoms with E-state index in [0.717, 1.165) is 0 Å². The summed E-state index contributed by atoms with van der Waals surface area (Å²) in [5.74, 6) is 0. The lowest BCUT2D eigenvalue weighted by Crippen LogP contribution is -2.38. The summed E-state index contributed by atoms with van der Waals surface area (Å²) in [6.07, 6.45) is -3.49. The number of aliphatic hydroxyl groups is 1. The van der Waals surface area contributed by atoms with Crippen molar-refractivity contribution in [1.82, 2.24) is 9.88 Å². The Labute approximate surface area is 118 Å². The largest absolute Gasteiger partial charge is 0.417 e. The molecule has 21 heavy (non-hydrogen) atoms. The smallest absolute Gasteiger partial charge is 0.395 e. The quantitative estimate of drug-likeness (QED) is 0.773. The molecule has 0 aliphatic carbocycles. The highest BCUT2D eigenvalue weighted by Crippen LogP contribution is 2.29. The van der Waals surface area contributed by atoms with E-state index in [1.807, 2.05) is 4.98 Å². The number of aromatic nitrogens is 1. The number of aliphatic hydroxyl groups excluding tert-OH is 1. The van der Waals surface area contributed by atoms with Gasteiger partial charge in [0.05, 0.1) is 12.2 Å². The van der Waals surface area contributed by atoms with Gasteiger partial charge >= 0.3 is 12.2 Å². The molecule has 0 spiro atoms. The number of hydrogen-bond donors (Lipinski definition) is 3. The van der Waals surface area contributed by atoms with Crippen LogP contribution in [0.3, 0.4) is 0 Å². The Kier molecular flexibility index (Phi) is 5.77. The molecule has 6 nitrogen and oxygen atoms in total. The first-order valence-corrected chi connectivity index (χ1v) is 6.26. The average molecular weight is 307 g/mol. The van der Waals surface area contributed by atoms with Crippen LogP contribution in [0.5, 0.6) is 0 Å². The number of carbonyl (C=O) groups is 1. The predicted molar refractivity (Wildman–Crippen MR) is 70.0 cm³/mol. The van der Waals surface area contributed by atoms with Gasteiger partial charge in [-0.3, -0.25) is 4.79 Å². The third-order valence-corrected chi connectivity index (χ3v) is 2.62. The Bertz CT molecular complexity index is 537. The number of halogens is 3. The number of anilines is 1. The number of nitrogens with zero attached hydrogens (tertiary/aromatic N) is 1. The Morgan fingerprint density at radius 3 is 2.62 bits per heavy atom. The van der Waals surface area contributed by atoms with Gasteiger partial charge in [0.2, 0.25) is 0 Å². The van der Waals surface area contributed by atoms with E-state index in [-0.39, 0.29) is 13.2 Å². The van der Waals surface area contributed by atoms with Gasteiger partial charge in [-0.25, -0.2) is 4.79 Å². The van der Waals surface area contributed by atoms with Crippen molar-refractivity contribution in [3.63, 3.8) is 0 Å². The first-order valence-electron chi connectivity index (χ1n) is 6.26. The molecule has 9 heteroatoms. The number of urea groups is 1. The summed E-state index contributed by atoms with van der Waals surface area (Å²) in [4.78, 5) is 26.5. The van der Waals surface area contributed by atoms with E-state index < -0.39 is 29.0 Å². The number of amides is 2. The molecule has 0 bridgehead atoms. The van der Waals surface area contributed by atoms with E-state index in [1.165, 1.54) is 4.90 Å². The molecule has 1 rings (SSSR count). The summed E-state index contributed by atoms with van der Waals surface area (Å²) in [6.45, 7) is 1.85. The highest BCUT2D eigenvalue weighted by atomic mass is 19.4. The molecule has 0 saturated carbocycles. The van der Waals surface area contributed by atoms with Crippen molar-refractivity contribution < 1.29 is 23.1 Å². The van der Waals surface area contributed by atoms with Crippen LogP contribution >= 0.6 is 0 Å². The van der Waals surface area contributed by atoms with E-state index in [9.17, 15) is 22.8 Å². The molecule has 0 saturated heterocycles. The van der Waals surface area contributed by atoms with Crippen LogP contribution in [0.15, 0.2) is 17.1 Å². The first kappa shape index (κ1) is 17.0. The van der Waals surface area contributed by atoms with Crippen LogP contribution in [-0.4, -0.2) is 40.7 Å². The van der Waals surface area contributed by atoms with Gasteiger partial charge in [-0.1, -0.05) is 6.92 Å². The molecule has 3 N–H and O–H groups in total. The van der Waals surface area contributed by atoms with Crippen molar-refractivity contribution in [3.8, 4) is 0 Å². The highest BCUT2D eigenvalue weighted by Gasteiger charge is 2.31. The number of aromatic amines is 1. The Morgan fingerprint density at radius 2 is 2.10 bits per heavy atom. The minimum Gasteiger partial charge on any atom is -0.395 e. The van der Waals surface area contributed by atoms with Gasteiger partial charge in [0.1, 0.15) is 5.69 Å². The zero-order valence-electron chi connectivity index (χ0n) is 11.3. The van der Waals surface area contributed by atoms with Crippen LogP contribution in [0.1, 0.15) is 18.9 Å². The minimum atomic E-state index is -4.63. The molecule has 0 aromatic carbocycles. The van der Waals surface area contributed by atoms with Gasteiger partial charge < -0.3 is 20.3 Å². The normalized spacial score (nSPS) is 11.3.